The Bertz CT molecular complexity index is 1710. The lowest BCUT2D eigenvalue weighted by atomic mass is 9.70. The van der Waals surface area contributed by atoms with E-state index >= 15 is 0 Å². The van der Waals surface area contributed by atoms with E-state index < -0.39 is 107 Å². The molecule has 0 amide bonds. The van der Waals surface area contributed by atoms with Crippen molar-refractivity contribution >= 4 is 29.8 Å². The number of hydrogen-bond donors (Lipinski definition) is 3. The summed E-state index contributed by atoms with van der Waals surface area (Å²) in [5.41, 5.74) is -2.48. The molecule has 0 aliphatic carbocycles. The molecule has 4 aliphatic heterocycles. The van der Waals surface area contributed by atoms with Crippen LogP contribution in [0.4, 0.5) is 0 Å². The van der Waals surface area contributed by atoms with Gasteiger partial charge in [0.2, 0.25) is 5.79 Å². The summed E-state index contributed by atoms with van der Waals surface area (Å²) in [6.07, 6.45) is 4.60. The number of allylic oxidation sites excluding steroid dienone is 3. The van der Waals surface area contributed by atoms with Crippen LogP contribution < -0.4 is 0 Å². The van der Waals surface area contributed by atoms with Crippen LogP contribution >= 0.6 is 0 Å². The SMILES string of the molecule is CCC/C=C/C=C/C(=O)OC1/C(=C/C(=O)OC)CC2CC([C@@H](C)O)OC(=O)CCCC3CC(OC(C)=O)C(C)(C)[C@](O)(C[C@@H]4C[C@@H](OC(C)=O)C[C@H](/C=C/C(C)(C)C1(O)O2)O4)O3. The molecule has 0 aromatic rings. The second-order valence-electron chi connectivity index (χ2n) is 18.0. The van der Waals surface area contributed by atoms with Gasteiger partial charge in [-0.1, -0.05) is 71.4 Å². The fraction of sp³-hybridized carbons (Fsp3) is 0.717. The van der Waals surface area contributed by atoms with Crippen molar-refractivity contribution in [2.24, 2.45) is 10.8 Å². The lowest BCUT2D eigenvalue weighted by Gasteiger charge is -2.53. The molecule has 0 saturated carbocycles. The molecule has 0 aromatic heterocycles. The molecule has 0 radical (unpaired) electrons. The molecule has 16 nitrogen and oxygen atoms in total. The van der Waals surface area contributed by atoms with Crippen LogP contribution in [0.3, 0.4) is 0 Å². The lowest BCUT2D eigenvalue weighted by molar-refractivity contribution is -0.348. The number of rotatable bonds is 9. The largest absolute Gasteiger partial charge is 0.466 e. The van der Waals surface area contributed by atoms with Crippen molar-refractivity contribution in [3.8, 4) is 0 Å². The Morgan fingerprint density at radius 3 is 2.27 bits per heavy atom. The topological polar surface area (TPSA) is 220 Å². The standard InChI is InChI=1S/C46H68O16/c1-10-11-12-13-14-17-40(51)60-42-31(22-41(52)55-9)21-35-25-37(28(2)47)59-39(50)18-15-16-33-26-38(57-30(4)49)44(7,8)45(53,61-33)27-36-24-34(56-29(3)48)23-32(58-36)19-20-43(5,6)46(42,54)62-35/h12-14,17,19-20,22,28,32-38,42,47,53-54H,10-11,15-16,18,21,23-27H2,1-9H3/b13-12+,17-14+,20-19+,31-22+/t28-,32+,33?,34+,35?,36+,37?,38?,42?,45+,46?/m1/s1. The van der Waals surface area contributed by atoms with Crippen molar-refractivity contribution in [3.05, 3.63) is 48.1 Å². The highest BCUT2D eigenvalue weighted by molar-refractivity contribution is 5.84. The van der Waals surface area contributed by atoms with Crippen LogP contribution in [-0.4, -0.2) is 119 Å². The van der Waals surface area contributed by atoms with E-state index in [1.165, 1.54) is 40.0 Å². The van der Waals surface area contributed by atoms with Crippen LogP contribution in [0.5, 0.6) is 0 Å². The van der Waals surface area contributed by atoms with E-state index in [4.69, 9.17) is 37.9 Å². The van der Waals surface area contributed by atoms with Gasteiger partial charge < -0.3 is 53.2 Å². The van der Waals surface area contributed by atoms with E-state index in [1.807, 2.05) is 13.0 Å². The fourth-order valence-electron chi connectivity index (χ4n) is 8.55. The number of unbranched alkanes of at least 4 members (excludes halogenated alkanes) is 1. The van der Waals surface area contributed by atoms with Crippen molar-refractivity contribution in [1.29, 1.82) is 0 Å². The number of hydrogen-bond acceptors (Lipinski definition) is 16. The number of cyclic esters (lactones) is 1. The van der Waals surface area contributed by atoms with E-state index in [0.29, 0.717) is 0 Å². The number of ether oxygens (including phenoxy) is 8. The Morgan fingerprint density at radius 2 is 1.63 bits per heavy atom. The number of aliphatic hydroxyl groups excluding tert-OH is 1. The molecule has 0 spiro atoms. The van der Waals surface area contributed by atoms with Crippen molar-refractivity contribution in [3.63, 3.8) is 0 Å². The summed E-state index contributed by atoms with van der Waals surface area (Å²) in [6.45, 7) is 12.8. The second-order valence-corrected chi connectivity index (χ2v) is 18.0. The summed E-state index contributed by atoms with van der Waals surface area (Å²) in [6, 6.07) is 0. The molecular weight excluding hydrogens is 808 g/mol. The Morgan fingerprint density at radius 1 is 0.919 bits per heavy atom. The van der Waals surface area contributed by atoms with Crippen LogP contribution in [0, 0.1) is 10.8 Å². The third-order valence-electron chi connectivity index (χ3n) is 12.2. The highest BCUT2D eigenvalue weighted by Gasteiger charge is 2.59. The average molecular weight is 877 g/mol. The van der Waals surface area contributed by atoms with Gasteiger partial charge in [0.25, 0.3) is 0 Å². The van der Waals surface area contributed by atoms with Crippen LogP contribution in [-0.2, 0) is 61.9 Å². The summed E-state index contributed by atoms with van der Waals surface area (Å²) in [5.74, 6) is -7.66. The van der Waals surface area contributed by atoms with Crippen molar-refractivity contribution in [1.82, 2.24) is 0 Å². The number of methoxy groups -OCH3 is 1. The molecule has 11 atom stereocenters. The molecule has 4 heterocycles. The summed E-state index contributed by atoms with van der Waals surface area (Å²) in [7, 11) is 1.18. The van der Waals surface area contributed by atoms with E-state index in [0.717, 1.165) is 18.9 Å². The zero-order valence-electron chi connectivity index (χ0n) is 37.7. The van der Waals surface area contributed by atoms with Crippen LogP contribution in [0.25, 0.3) is 0 Å². The van der Waals surface area contributed by atoms with E-state index in [-0.39, 0.29) is 63.4 Å². The predicted molar refractivity (Wildman–Crippen MR) is 222 cm³/mol. The van der Waals surface area contributed by atoms with Crippen molar-refractivity contribution in [2.75, 3.05) is 7.11 Å². The number of esters is 5. The summed E-state index contributed by atoms with van der Waals surface area (Å²) in [4.78, 5) is 64.2. The molecule has 6 unspecified atom stereocenters. The van der Waals surface area contributed by atoms with Crippen LogP contribution in [0.15, 0.2) is 48.1 Å². The Kier molecular flexibility index (Phi) is 17.7. The van der Waals surface area contributed by atoms with Crippen LogP contribution in [0.1, 0.15) is 126 Å². The Labute approximate surface area is 364 Å². The average Bonchev–Trinajstić information content (AvgIpc) is 3.16. The number of carbonyl (C=O) groups is 5. The molecule has 3 fully saturated rings. The van der Waals surface area contributed by atoms with Gasteiger partial charge in [0, 0.05) is 69.9 Å². The molecule has 4 rings (SSSR count). The van der Waals surface area contributed by atoms with Crippen LogP contribution in [0.2, 0.25) is 0 Å². The zero-order valence-corrected chi connectivity index (χ0v) is 37.7. The molecule has 62 heavy (non-hydrogen) atoms. The van der Waals surface area contributed by atoms with Crippen molar-refractivity contribution in [2.45, 2.75) is 193 Å². The minimum atomic E-state index is -2.42. The Hall–Kier alpha value is -3.93. The minimum Gasteiger partial charge on any atom is -0.466 e. The molecular formula is C46H68O16. The monoisotopic (exact) mass is 876 g/mol. The molecule has 3 saturated heterocycles. The smallest absolute Gasteiger partial charge is 0.331 e. The predicted octanol–water partition coefficient (Wildman–Crippen LogP) is 5.14. The normalized spacial score (nSPS) is 35.9. The Balaban J connectivity index is 1.84. The van der Waals surface area contributed by atoms with Crippen molar-refractivity contribution < 1.29 is 77.2 Å². The number of aliphatic hydroxyl groups is 3. The maximum absolute atomic E-state index is 13.4. The van der Waals surface area contributed by atoms with Gasteiger partial charge in [-0.05, 0) is 38.2 Å². The number of carbonyl (C=O) groups excluding carboxylic acids is 5. The maximum Gasteiger partial charge on any atom is 0.331 e. The van der Waals surface area contributed by atoms with Gasteiger partial charge in [0.1, 0.15) is 18.3 Å². The highest BCUT2D eigenvalue weighted by Crippen LogP contribution is 2.50. The third-order valence-corrected chi connectivity index (χ3v) is 12.2. The number of fused-ring (bicyclic) bond motifs is 6. The fourth-order valence-corrected chi connectivity index (χ4v) is 8.55. The molecule has 348 valence electrons. The van der Waals surface area contributed by atoms with E-state index in [9.17, 15) is 39.3 Å². The van der Waals surface area contributed by atoms with Gasteiger partial charge in [-0.25, -0.2) is 9.59 Å². The molecule has 3 N–H and O–H groups in total. The van der Waals surface area contributed by atoms with Gasteiger partial charge in [0.15, 0.2) is 11.9 Å². The summed E-state index contributed by atoms with van der Waals surface area (Å²) in [5, 5.41) is 36.2. The first-order valence-corrected chi connectivity index (χ1v) is 21.7. The highest BCUT2D eigenvalue weighted by atomic mass is 16.7. The summed E-state index contributed by atoms with van der Waals surface area (Å²) >= 11 is 0. The van der Waals surface area contributed by atoms with Gasteiger partial charge in [-0.3, -0.25) is 14.4 Å². The summed E-state index contributed by atoms with van der Waals surface area (Å²) < 4.78 is 47.7. The first-order valence-electron chi connectivity index (χ1n) is 21.7. The van der Waals surface area contributed by atoms with E-state index in [1.54, 1.807) is 45.9 Å². The lowest BCUT2D eigenvalue weighted by Crippen LogP contribution is -2.62. The van der Waals surface area contributed by atoms with E-state index in [2.05, 4.69) is 0 Å². The maximum atomic E-state index is 13.4. The quantitative estimate of drug-likeness (QED) is 0.0898. The molecule has 16 heteroatoms. The van der Waals surface area contributed by atoms with Gasteiger partial charge in [-0.15, -0.1) is 0 Å². The second kappa shape index (κ2) is 21.6. The first-order chi connectivity index (χ1) is 29.0. The third kappa shape index (κ3) is 13.1. The minimum absolute atomic E-state index is 0.0880. The zero-order chi connectivity index (χ0) is 46.0. The molecule has 6 bridgehead atoms. The molecule has 0 aromatic carbocycles. The first kappa shape index (κ1) is 50.7. The van der Waals surface area contributed by atoms with Gasteiger partial charge >= 0.3 is 29.8 Å². The van der Waals surface area contributed by atoms with Gasteiger partial charge in [-0.2, -0.15) is 0 Å². The van der Waals surface area contributed by atoms with Gasteiger partial charge in [0.05, 0.1) is 43.0 Å². The molecule has 4 aliphatic rings.